The highest BCUT2D eigenvalue weighted by atomic mass is 16.4. The Balaban J connectivity index is 0. The number of carboxylic acid groups (broad SMARTS) is 1. The Labute approximate surface area is 176 Å². The van der Waals surface area contributed by atoms with Crippen LogP contribution in [0, 0.1) is 6.92 Å². The quantitative estimate of drug-likeness (QED) is 0.192. The molecule has 0 rings (SSSR count). The predicted octanol–water partition coefficient (Wildman–Crippen LogP) is 8.10. The average molecular weight is 400 g/mol. The first kappa shape index (κ1) is 29.6. The second-order valence-corrected chi connectivity index (χ2v) is 8.08. The average Bonchev–Trinajstić information content (AvgIpc) is 2.69. The third-order valence-electron chi connectivity index (χ3n) is 5.15. The molecule has 3 nitrogen and oxygen atoms in total. The summed E-state index contributed by atoms with van der Waals surface area (Å²) in [5.74, 6) is -0.651. The van der Waals surface area contributed by atoms with Gasteiger partial charge in [0.05, 0.1) is 0 Å². The highest BCUT2D eigenvalue weighted by Gasteiger charge is 1.97. The summed E-state index contributed by atoms with van der Waals surface area (Å²) < 4.78 is 0. The third kappa shape index (κ3) is 33.0. The van der Waals surface area contributed by atoms with Crippen LogP contribution in [0.15, 0.2) is 0 Å². The van der Waals surface area contributed by atoms with Crippen LogP contribution < -0.4 is 0 Å². The molecule has 3 heteroatoms. The summed E-state index contributed by atoms with van der Waals surface area (Å²) in [6.07, 6.45) is 26.7. The number of carbonyl (C=O) groups is 1. The van der Waals surface area contributed by atoms with Crippen molar-refractivity contribution >= 4 is 5.97 Å². The van der Waals surface area contributed by atoms with E-state index in [1.807, 2.05) is 0 Å². The van der Waals surface area contributed by atoms with Gasteiger partial charge in [0.1, 0.15) is 0 Å². The van der Waals surface area contributed by atoms with Crippen molar-refractivity contribution < 1.29 is 15.0 Å². The fraction of sp³-hybridized carbons (Fsp3) is 0.920. The molecule has 0 aromatic carbocycles. The number of hydrogen-bond donors (Lipinski definition) is 2. The summed E-state index contributed by atoms with van der Waals surface area (Å²) in [6, 6.07) is 0. The second-order valence-electron chi connectivity index (χ2n) is 8.08. The van der Waals surface area contributed by atoms with E-state index in [1.54, 1.807) is 0 Å². The Morgan fingerprint density at radius 3 is 1.07 bits per heavy atom. The summed E-state index contributed by atoms with van der Waals surface area (Å²) in [5.41, 5.74) is 0. The molecule has 0 aliphatic carbocycles. The highest BCUT2D eigenvalue weighted by molar-refractivity contribution is 5.66. The van der Waals surface area contributed by atoms with Crippen molar-refractivity contribution in [1.82, 2.24) is 0 Å². The summed E-state index contributed by atoms with van der Waals surface area (Å²) in [6.45, 7) is 5.85. The molecule has 0 bridgehead atoms. The number of unbranched alkanes of at least 4 members (excludes halogenated alkanes) is 18. The molecule has 0 atom stereocenters. The monoisotopic (exact) mass is 399 g/mol. The molecule has 0 fully saturated rings. The van der Waals surface area contributed by atoms with Crippen molar-refractivity contribution in [3.63, 3.8) is 0 Å². The Morgan fingerprint density at radius 2 is 0.857 bits per heavy atom. The molecule has 0 amide bonds. The van der Waals surface area contributed by atoms with Gasteiger partial charge in [-0.15, -0.1) is 0 Å². The van der Waals surface area contributed by atoms with Gasteiger partial charge in [-0.3, -0.25) is 4.79 Å². The maximum Gasteiger partial charge on any atom is 0.303 e. The Hall–Kier alpha value is -0.570. The molecule has 0 aromatic rings. The van der Waals surface area contributed by atoms with Crippen LogP contribution in [0.5, 0.6) is 0 Å². The minimum absolute atomic E-state index is 0.208. The zero-order valence-corrected chi connectivity index (χ0v) is 19.1. The summed E-state index contributed by atoms with van der Waals surface area (Å²) in [4.78, 5) is 10.4. The number of aliphatic hydroxyl groups excluding tert-OH is 1. The van der Waals surface area contributed by atoms with Gasteiger partial charge in [-0.25, -0.2) is 0 Å². The van der Waals surface area contributed by atoms with Gasteiger partial charge < -0.3 is 10.2 Å². The minimum atomic E-state index is -0.651. The van der Waals surface area contributed by atoms with E-state index in [2.05, 4.69) is 13.8 Å². The van der Waals surface area contributed by atoms with E-state index in [1.165, 1.54) is 109 Å². The largest absolute Gasteiger partial charge is 0.481 e. The van der Waals surface area contributed by atoms with Crippen molar-refractivity contribution in [2.75, 3.05) is 6.61 Å². The third-order valence-corrected chi connectivity index (χ3v) is 5.15. The van der Waals surface area contributed by atoms with Crippen molar-refractivity contribution in [2.24, 2.45) is 0 Å². The smallest absolute Gasteiger partial charge is 0.303 e. The highest BCUT2D eigenvalue weighted by Crippen LogP contribution is 2.14. The molecule has 2 N–H and O–H groups in total. The number of rotatable bonds is 21. The number of hydrogen-bond acceptors (Lipinski definition) is 2. The first-order valence-electron chi connectivity index (χ1n) is 12.3. The van der Waals surface area contributed by atoms with Crippen LogP contribution in [0.3, 0.4) is 0 Å². The molecule has 1 radical (unpaired) electrons. The summed E-state index contributed by atoms with van der Waals surface area (Å²) in [5, 5.41) is 16.4. The minimum Gasteiger partial charge on any atom is -0.481 e. The normalized spacial score (nSPS) is 10.5. The lowest BCUT2D eigenvalue weighted by molar-refractivity contribution is -0.137. The maximum absolute atomic E-state index is 10.4. The standard InChI is InChI=1S/C22H44O2.C3H7O/c1-2-3-4-5-6-7-8-9-10-11-12-13-14-15-16-17-18-19-20-21-22(23)24;1-2-3-4/h2-21H2,1H3,(H,23,24);4H,1-3H2. The van der Waals surface area contributed by atoms with Crippen LogP contribution in [0.25, 0.3) is 0 Å². The van der Waals surface area contributed by atoms with Crippen molar-refractivity contribution in [3.05, 3.63) is 6.92 Å². The fourth-order valence-corrected chi connectivity index (χ4v) is 3.35. The topological polar surface area (TPSA) is 57.5 Å². The number of carboxylic acids is 1. The fourth-order valence-electron chi connectivity index (χ4n) is 3.35. The molecule has 0 aromatic heterocycles. The van der Waals surface area contributed by atoms with E-state index in [4.69, 9.17) is 10.2 Å². The van der Waals surface area contributed by atoms with E-state index in [9.17, 15) is 4.79 Å². The Bertz CT molecular complexity index is 277. The van der Waals surface area contributed by atoms with Crippen molar-refractivity contribution in [1.29, 1.82) is 0 Å². The molecule has 28 heavy (non-hydrogen) atoms. The first-order chi connectivity index (χ1) is 13.7. The lowest BCUT2D eigenvalue weighted by Gasteiger charge is -2.03. The summed E-state index contributed by atoms with van der Waals surface area (Å²) >= 11 is 0. The van der Waals surface area contributed by atoms with Gasteiger partial charge in [-0.1, -0.05) is 129 Å². The first-order valence-corrected chi connectivity index (χ1v) is 12.3. The van der Waals surface area contributed by atoms with Gasteiger partial charge in [0.15, 0.2) is 0 Å². The lowest BCUT2D eigenvalue weighted by Crippen LogP contribution is -1.93. The van der Waals surface area contributed by atoms with E-state index < -0.39 is 5.97 Å². The Kier molecular flexibility index (Phi) is 30.3. The van der Waals surface area contributed by atoms with Gasteiger partial charge in [0.25, 0.3) is 0 Å². The van der Waals surface area contributed by atoms with Crippen molar-refractivity contribution in [3.8, 4) is 0 Å². The van der Waals surface area contributed by atoms with Crippen LogP contribution in [0.2, 0.25) is 0 Å². The van der Waals surface area contributed by atoms with Gasteiger partial charge in [-0.2, -0.15) is 0 Å². The van der Waals surface area contributed by atoms with Gasteiger partial charge >= 0.3 is 5.97 Å². The molecule has 0 spiro atoms. The van der Waals surface area contributed by atoms with Crippen LogP contribution in [0.4, 0.5) is 0 Å². The van der Waals surface area contributed by atoms with E-state index >= 15 is 0 Å². The van der Waals surface area contributed by atoms with Gasteiger partial charge in [0, 0.05) is 13.0 Å². The second kappa shape index (κ2) is 28.6. The van der Waals surface area contributed by atoms with Crippen LogP contribution >= 0.6 is 0 Å². The SMILES string of the molecule is CCCCCCCCCCCCCCCCCCCCCC(=O)O.[CH2]CCO. The number of aliphatic hydroxyl groups is 1. The summed E-state index contributed by atoms with van der Waals surface area (Å²) in [7, 11) is 0. The molecule has 0 heterocycles. The van der Waals surface area contributed by atoms with E-state index in [-0.39, 0.29) is 6.61 Å². The van der Waals surface area contributed by atoms with Crippen LogP contribution in [-0.4, -0.2) is 22.8 Å². The predicted molar refractivity (Wildman–Crippen MR) is 123 cm³/mol. The van der Waals surface area contributed by atoms with Crippen LogP contribution in [0.1, 0.15) is 142 Å². The molecule has 0 unspecified atom stereocenters. The molecule has 0 aliphatic rings. The van der Waals surface area contributed by atoms with Gasteiger partial charge in [0.2, 0.25) is 0 Å². The molecular formula is C25H51O3. The van der Waals surface area contributed by atoms with Gasteiger partial charge in [-0.05, 0) is 12.8 Å². The number of aliphatic carboxylic acids is 1. The maximum atomic E-state index is 10.4. The zero-order chi connectivity index (χ0) is 21.1. The molecule has 169 valence electrons. The molecule has 0 saturated carbocycles. The van der Waals surface area contributed by atoms with Crippen LogP contribution in [-0.2, 0) is 4.79 Å². The zero-order valence-electron chi connectivity index (χ0n) is 19.1. The van der Waals surface area contributed by atoms with E-state index in [0.717, 1.165) is 12.8 Å². The lowest BCUT2D eigenvalue weighted by atomic mass is 10.0. The Morgan fingerprint density at radius 1 is 0.607 bits per heavy atom. The van der Waals surface area contributed by atoms with Crippen molar-refractivity contribution in [2.45, 2.75) is 142 Å². The molecule has 0 aliphatic heterocycles. The molecular weight excluding hydrogens is 348 g/mol. The van der Waals surface area contributed by atoms with E-state index in [0.29, 0.717) is 12.8 Å². The molecule has 0 saturated heterocycles.